The summed E-state index contributed by atoms with van der Waals surface area (Å²) in [5, 5.41) is 14.7. The van der Waals surface area contributed by atoms with E-state index in [-0.39, 0.29) is 17.9 Å². The molecule has 1 aliphatic heterocycles. The molecule has 0 N–H and O–H groups in total. The number of hydrogen-bond donors (Lipinski definition) is 0. The van der Waals surface area contributed by atoms with Gasteiger partial charge in [-0.1, -0.05) is 0 Å². The summed E-state index contributed by atoms with van der Waals surface area (Å²) < 4.78 is 27.3. The molecule has 4 rings (SSSR count). The Morgan fingerprint density at radius 1 is 1.28 bits per heavy atom. The van der Waals surface area contributed by atoms with Crippen molar-refractivity contribution in [2.24, 2.45) is 0 Å². The number of nitrogens with zero attached hydrogens (tertiary/aromatic N) is 5. The van der Waals surface area contributed by atoms with Crippen molar-refractivity contribution in [3.05, 3.63) is 43.0 Å². The first-order chi connectivity index (χ1) is 12.0. The molecule has 0 unspecified atom stereocenters. The maximum atomic E-state index is 11.8. The molecular formula is C17H17N5O2S. The molecule has 1 aliphatic rings. The average molecular weight is 355 g/mol. The first kappa shape index (κ1) is 15.8. The Bertz CT molecular complexity index is 1060. The van der Waals surface area contributed by atoms with Crippen molar-refractivity contribution in [1.82, 2.24) is 19.3 Å². The molecule has 25 heavy (non-hydrogen) atoms. The minimum atomic E-state index is -3.01. The number of hydrogen-bond acceptors (Lipinski definition) is 5. The van der Waals surface area contributed by atoms with Gasteiger partial charge in [-0.15, -0.1) is 0 Å². The Labute approximate surface area is 145 Å². The highest BCUT2D eigenvalue weighted by atomic mass is 32.2. The molecule has 1 saturated heterocycles. The fourth-order valence-electron chi connectivity index (χ4n) is 3.42. The molecule has 0 aliphatic carbocycles. The van der Waals surface area contributed by atoms with Gasteiger partial charge in [0, 0.05) is 24.0 Å². The Hall–Kier alpha value is -2.66. The van der Waals surface area contributed by atoms with Crippen molar-refractivity contribution in [3.8, 4) is 11.8 Å². The van der Waals surface area contributed by atoms with Gasteiger partial charge < -0.3 is 0 Å². The van der Waals surface area contributed by atoms with Gasteiger partial charge in [-0.2, -0.15) is 10.4 Å². The smallest absolute Gasteiger partial charge is 0.150 e. The molecule has 0 saturated carbocycles. The second-order valence-corrected chi connectivity index (χ2v) is 8.76. The number of fused-ring (bicyclic) bond motifs is 1. The largest absolute Gasteiger partial charge is 0.298 e. The van der Waals surface area contributed by atoms with E-state index < -0.39 is 15.4 Å². The third-order valence-corrected chi connectivity index (χ3v) is 6.60. The van der Waals surface area contributed by atoms with Crippen LogP contribution in [0.5, 0.6) is 0 Å². The van der Waals surface area contributed by atoms with E-state index in [0.717, 1.165) is 16.7 Å². The second kappa shape index (κ2) is 5.70. The van der Waals surface area contributed by atoms with Gasteiger partial charge in [-0.3, -0.25) is 9.25 Å². The van der Waals surface area contributed by atoms with E-state index >= 15 is 0 Å². The Morgan fingerprint density at radius 2 is 2.08 bits per heavy atom. The molecule has 0 aromatic carbocycles. The molecule has 0 radical (unpaired) electrons. The van der Waals surface area contributed by atoms with E-state index in [1.54, 1.807) is 17.1 Å². The lowest BCUT2D eigenvalue weighted by molar-refractivity contribution is 0.234. The minimum absolute atomic E-state index is 0.0951. The summed E-state index contributed by atoms with van der Waals surface area (Å²) in [5.41, 5.74) is 1.12. The molecule has 8 heteroatoms. The number of pyridine rings is 1. The van der Waals surface area contributed by atoms with E-state index in [2.05, 4.69) is 16.2 Å². The van der Waals surface area contributed by atoms with Crippen LogP contribution >= 0.6 is 0 Å². The summed E-state index contributed by atoms with van der Waals surface area (Å²) >= 11 is 0. The van der Waals surface area contributed by atoms with Gasteiger partial charge in [-0.25, -0.2) is 13.4 Å². The third-order valence-electron chi connectivity index (χ3n) is 4.95. The molecule has 7 nitrogen and oxygen atoms in total. The molecule has 0 atom stereocenters. The maximum absolute atomic E-state index is 11.8. The normalized spacial score (nSPS) is 18.8. The minimum Gasteiger partial charge on any atom is -0.298 e. The summed E-state index contributed by atoms with van der Waals surface area (Å²) in [6.07, 6.45) is 8.35. The lowest BCUT2D eigenvalue weighted by atomic mass is 9.89. The first-order valence-electron chi connectivity index (χ1n) is 8.08. The fourth-order valence-corrected chi connectivity index (χ4v) is 5.01. The van der Waals surface area contributed by atoms with Crippen LogP contribution in [0.15, 0.2) is 43.0 Å². The van der Waals surface area contributed by atoms with Crippen LogP contribution in [0.25, 0.3) is 16.7 Å². The quantitative estimate of drug-likeness (QED) is 0.717. The molecule has 128 valence electrons. The Morgan fingerprint density at radius 3 is 2.84 bits per heavy atom. The predicted molar refractivity (Wildman–Crippen MR) is 92.9 cm³/mol. The van der Waals surface area contributed by atoms with Gasteiger partial charge in [0.15, 0.2) is 9.84 Å². The van der Waals surface area contributed by atoms with Crippen molar-refractivity contribution in [3.63, 3.8) is 0 Å². The van der Waals surface area contributed by atoms with Crippen molar-refractivity contribution in [1.29, 1.82) is 5.26 Å². The van der Waals surface area contributed by atoms with E-state index in [4.69, 9.17) is 0 Å². The number of rotatable bonds is 3. The molecule has 0 amide bonds. The molecule has 0 bridgehead atoms. The predicted octanol–water partition coefficient (Wildman–Crippen LogP) is 2.04. The van der Waals surface area contributed by atoms with Gasteiger partial charge in [-0.05, 0) is 31.0 Å². The molecule has 3 aromatic rings. The van der Waals surface area contributed by atoms with Gasteiger partial charge >= 0.3 is 0 Å². The fraction of sp³-hybridized carbons (Fsp3) is 0.353. The highest BCUT2D eigenvalue weighted by Gasteiger charge is 2.39. The molecule has 4 heterocycles. The van der Waals surface area contributed by atoms with Crippen molar-refractivity contribution < 1.29 is 8.42 Å². The lowest BCUT2D eigenvalue weighted by Gasteiger charge is -2.35. The maximum Gasteiger partial charge on any atom is 0.150 e. The van der Waals surface area contributed by atoms with Crippen LogP contribution in [0.3, 0.4) is 0 Å². The molecule has 1 fully saturated rings. The van der Waals surface area contributed by atoms with Crippen LogP contribution in [0.2, 0.25) is 0 Å². The van der Waals surface area contributed by atoms with Crippen molar-refractivity contribution in [2.45, 2.75) is 24.8 Å². The summed E-state index contributed by atoms with van der Waals surface area (Å²) in [6.45, 7) is 0. The van der Waals surface area contributed by atoms with Crippen LogP contribution in [-0.4, -0.2) is 39.3 Å². The highest BCUT2D eigenvalue weighted by molar-refractivity contribution is 7.91. The highest BCUT2D eigenvalue weighted by Crippen LogP contribution is 2.34. The standard InChI is InChI=1S/C17H17N5O2S/c18-7-4-17(5-10-25(23,24)11-6-17)22-13-15(12-20-22)21-9-3-14-2-1-8-19-16(14)21/h1-3,8-9,12-13H,4-6,10-11H2. The number of sulfone groups is 1. The monoisotopic (exact) mass is 355 g/mol. The summed E-state index contributed by atoms with van der Waals surface area (Å²) in [4.78, 5) is 4.41. The molecule has 0 spiro atoms. The summed E-state index contributed by atoms with van der Waals surface area (Å²) in [7, 11) is -3.01. The molecular weight excluding hydrogens is 338 g/mol. The Balaban J connectivity index is 1.73. The van der Waals surface area contributed by atoms with Crippen LogP contribution in [0.4, 0.5) is 0 Å². The van der Waals surface area contributed by atoms with Gasteiger partial charge in [0.05, 0.1) is 41.4 Å². The Kier molecular flexibility index (Phi) is 3.62. The van der Waals surface area contributed by atoms with Crippen LogP contribution < -0.4 is 0 Å². The van der Waals surface area contributed by atoms with E-state index in [0.29, 0.717) is 12.8 Å². The topological polar surface area (TPSA) is 93.6 Å². The SMILES string of the molecule is N#CCC1(n2cc(-n3ccc4cccnc43)cn2)CCS(=O)(=O)CC1. The third kappa shape index (κ3) is 2.70. The second-order valence-electron chi connectivity index (χ2n) is 6.46. The number of aromatic nitrogens is 4. The first-order valence-corrected chi connectivity index (χ1v) is 9.90. The molecule has 3 aromatic heterocycles. The van der Waals surface area contributed by atoms with Crippen LogP contribution in [0, 0.1) is 11.3 Å². The van der Waals surface area contributed by atoms with Gasteiger partial charge in [0.25, 0.3) is 0 Å². The van der Waals surface area contributed by atoms with E-state index in [9.17, 15) is 13.7 Å². The van der Waals surface area contributed by atoms with Crippen LogP contribution in [0.1, 0.15) is 19.3 Å². The summed E-state index contributed by atoms with van der Waals surface area (Å²) in [5.74, 6) is 0.190. The van der Waals surface area contributed by atoms with Crippen molar-refractivity contribution in [2.75, 3.05) is 11.5 Å². The van der Waals surface area contributed by atoms with Crippen molar-refractivity contribution >= 4 is 20.9 Å². The zero-order chi connectivity index (χ0) is 17.5. The van der Waals surface area contributed by atoms with Gasteiger partial charge in [0.2, 0.25) is 0 Å². The average Bonchev–Trinajstić information content (AvgIpc) is 3.24. The van der Waals surface area contributed by atoms with Gasteiger partial charge in [0.1, 0.15) is 5.65 Å². The lowest BCUT2D eigenvalue weighted by Crippen LogP contribution is -2.42. The summed E-state index contributed by atoms with van der Waals surface area (Å²) in [6, 6.07) is 8.07. The zero-order valence-corrected chi connectivity index (χ0v) is 14.4. The zero-order valence-electron chi connectivity index (χ0n) is 13.5. The number of nitriles is 1. The van der Waals surface area contributed by atoms with Crippen LogP contribution in [-0.2, 0) is 15.4 Å². The van der Waals surface area contributed by atoms with E-state index in [1.165, 1.54) is 0 Å². The van der Waals surface area contributed by atoms with E-state index in [1.807, 2.05) is 35.2 Å².